The fourth-order valence-corrected chi connectivity index (χ4v) is 3.26. The zero-order valence-electron chi connectivity index (χ0n) is 14.3. The van der Waals surface area contributed by atoms with Crippen molar-refractivity contribution in [1.82, 2.24) is 20.3 Å². The van der Waals surface area contributed by atoms with Gasteiger partial charge < -0.3 is 10.6 Å². The Bertz CT molecular complexity index is 861. The fraction of sp³-hybridized carbons (Fsp3) is 0.250. The zero-order chi connectivity index (χ0) is 17.8. The molecule has 2 aromatic heterocycles. The highest BCUT2D eigenvalue weighted by molar-refractivity contribution is 6.30. The van der Waals surface area contributed by atoms with E-state index in [9.17, 15) is 0 Å². The van der Waals surface area contributed by atoms with Crippen molar-refractivity contribution in [1.29, 1.82) is 0 Å². The molecule has 0 aliphatic carbocycles. The molecule has 0 radical (unpaired) electrons. The average Bonchev–Trinajstić information content (AvgIpc) is 2.71. The summed E-state index contributed by atoms with van der Waals surface area (Å²) in [5, 5.41) is 7.53. The summed E-state index contributed by atoms with van der Waals surface area (Å²) >= 11 is 5.98. The summed E-state index contributed by atoms with van der Waals surface area (Å²) in [6, 6.07) is 13.5. The van der Waals surface area contributed by atoms with E-state index >= 15 is 0 Å². The van der Waals surface area contributed by atoms with Crippen LogP contribution in [0.15, 0.2) is 54.9 Å². The standard InChI is InChI=1S/C20H20ClN5/c21-16-3-5-17(6-4-16)24-19-12-18(14-7-10-22-11-8-14)25-20(26-19)15-2-1-9-23-13-15/h3-8,10-12,15,23H,1-2,9,13H2,(H,24,25,26). The topological polar surface area (TPSA) is 62.7 Å². The normalized spacial score (nSPS) is 17.0. The van der Waals surface area contributed by atoms with E-state index in [1.54, 1.807) is 12.4 Å². The number of hydrogen-bond acceptors (Lipinski definition) is 5. The van der Waals surface area contributed by atoms with Crippen molar-refractivity contribution < 1.29 is 0 Å². The van der Waals surface area contributed by atoms with Crippen molar-refractivity contribution in [2.24, 2.45) is 0 Å². The second-order valence-electron chi connectivity index (χ2n) is 6.41. The Balaban J connectivity index is 1.70. The van der Waals surface area contributed by atoms with Gasteiger partial charge in [0, 0.05) is 47.2 Å². The maximum atomic E-state index is 5.98. The van der Waals surface area contributed by atoms with Gasteiger partial charge in [-0.1, -0.05) is 11.6 Å². The second kappa shape index (κ2) is 7.81. The number of anilines is 2. The predicted octanol–water partition coefficient (Wildman–Crippen LogP) is 4.40. The van der Waals surface area contributed by atoms with Gasteiger partial charge in [0.25, 0.3) is 0 Å². The highest BCUT2D eigenvalue weighted by atomic mass is 35.5. The smallest absolute Gasteiger partial charge is 0.135 e. The van der Waals surface area contributed by atoms with E-state index in [0.29, 0.717) is 10.9 Å². The predicted molar refractivity (Wildman–Crippen MR) is 105 cm³/mol. The molecule has 6 heteroatoms. The van der Waals surface area contributed by atoms with E-state index in [4.69, 9.17) is 21.6 Å². The molecule has 1 aliphatic heterocycles. The van der Waals surface area contributed by atoms with Crippen LogP contribution < -0.4 is 10.6 Å². The van der Waals surface area contributed by atoms with E-state index in [2.05, 4.69) is 15.6 Å². The number of piperidine rings is 1. The largest absolute Gasteiger partial charge is 0.340 e. The quantitative estimate of drug-likeness (QED) is 0.717. The number of rotatable bonds is 4. The molecule has 1 aliphatic rings. The molecule has 1 aromatic carbocycles. The molecule has 5 nitrogen and oxygen atoms in total. The van der Waals surface area contributed by atoms with Crippen molar-refractivity contribution in [3.8, 4) is 11.3 Å². The third-order valence-electron chi connectivity index (χ3n) is 4.50. The van der Waals surface area contributed by atoms with Gasteiger partial charge in [0.1, 0.15) is 11.6 Å². The van der Waals surface area contributed by atoms with E-state index in [1.807, 2.05) is 42.5 Å². The van der Waals surface area contributed by atoms with Crippen molar-refractivity contribution in [3.63, 3.8) is 0 Å². The Morgan fingerprint density at radius 1 is 1.04 bits per heavy atom. The van der Waals surface area contributed by atoms with Gasteiger partial charge in [0.2, 0.25) is 0 Å². The van der Waals surface area contributed by atoms with Crippen LogP contribution in [0.4, 0.5) is 11.5 Å². The Hall–Kier alpha value is -2.50. The first-order valence-corrected chi connectivity index (χ1v) is 9.18. The summed E-state index contributed by atoms with van der Waals surface area (Å²) in [5.74, 6) is 1.99. The average molecular weight is 366 g/mol. The minimum absolute atomic E-state index is 0.330. The number of nitrogens with one attached hydrogen (secondary N) is 2. The third kappa shape index (κ3) is 4.00. The van der Waals surface area contributed by atoms with Crippen molar-refractivity contribution in [2.75, 3.05) is 18.4 Å². The molecule has 3 heterocycles. The minimum atomic E-state index is 0.330. The van der Waals surface area contributed by atoms with Crippen LogP contribution in [0.2, 0.25) is 5.02 Å². The van der Waals surface area contributed by atoms with Crippen LogP contribution in [-0.2, 0) is 0 Å². The maximum absolute atomic E-state index is 5.98. The van der Waals surface area contributed by atoms with Crippen LogP contribution in [-0.4, -0.2) is 28.0 Å². The molecule has 1 saturated heterocycles. The monoisotopic (exact) mass is 365 g/mol. The maximum Gasteiger partial charge on any atom is 0.135 e. The number of pyridine rings is 1. The lowest BCUT2D eigenvalue weighted by molar-refractivity contribution is 0.447. The number of benzene rings is 1. The Kier molecular flexibility index (Phi) is 5.09. The molecular formula is C20H20ClN5. The van der Waals surface area contributed by atoms with Crippen LogP contribution in [0.5, 0.6) is 0 Å². The van der Waals surface area contributed by atoms with Gasteiger partial charge in [-0.05, 0) is 55.8 Å². The number of hydrogen-bond donors (Lipinski definition) is 2. The number of nitrogens with zero attached hydrogens (tertiary/aromatic N) is 3. The lowest BCUT2D eigenvalue weighted by Crippen LogP contribution is -2.29. The molecule has 0 spiro atoms. The van der Waals surface area contributed by atoms with E-state index in [0.717, 1.165) is 54.5 Å². The van der Waals surface area contributed by atoms with Gasteiger partial charge >= 0.3 is 0 Å². The fourth-order valence-electron chi connectivity index (χ4n) is 3.14. The molecule has 1 atom stereocenters. The molecular weight excluding hydrogens is 346 g/mol. The molecule has 132 valence electrons. The van der Waals surface area contributed by atoms with Crippen LogP contribution in [0, 0.1) is 0 Å². The Morgan fingerprint density at radius 2 is 1.85 bits per heavy atom. The molecule has 4 rings (SSSR count). The first kappa shape index (κ1) is 16.9. The number of aromatic nitrogens is 3. The van der Waals surface area contributed by atoms with Crippen LogP contribution in [0.3, 0.4) is 0 Å². The van der Waals surface area contributed by atoms with Gasteiger partial charge in [0.15, 0.2) is 0 Å². The van der Waals surface area contributed by atoms with Crippen LogP contribution in [0.1, 0.15) is 24.6 Å². The molecule has 1 unspecified atom stereocenters. The summed E-state index contributed by atoms with van der Waals surface area (Å²) in [6.07, 6.45) is 5.82. The first-order valence-electron chi connectivity index (χ1n) is 8.80. The molecule has 0 saturated carbocycles. The SMILES string of the molecule is Clc1ccc(Nc2cc(-c3ccncc3)nc(C3CCCNC3)n2)cc1. The van der Waals surface area contributed by atoms with Crippen LogP contribution in [0.25, 0.3) is 11.3 Å². The van der Waals surface area contributed by atoms with Crippen molar-refractivity contribution in [3.05, 3.63) is 65.7 Å². The van der Waals surface area contributed by atoms with Gasteiger partial charge in [0.05, 0.1) is 5.69 Å². The van der Waals surface area contributed by atoms with Crippen LogP contribution >= 0.6 is 11.6 Å². The Labute approximate surface area is 157 Å². The molecule has 2 N–H and O–H groups in total. The zero-order valence-corrected chi connectivity index (χ0v) is 15.1. The van der Waals surface area contributed by atoms with E-state index < -0.39 is 0 Å². The molecule has 3 aromatic rings. The molecule has 0 bridgehead atoms. The molecule has 1 fully saturated rings. The number of halogens is 1. The van der Waals surface area contributed by atoms with Gasteiger partial charge in [-0.25, -0.2) is 9.97 Å². The highest BCUT2D eigenvalue weighted by Crippen LogP contribution is 2.27. The Morgan fingerprint density at radius 3 is 2.58 bits per heavy atom. The highest BCUT2D eigenvalue weighted by Gasteiger charge is 2.19. The lowest BCUT2D eigenvalue weighted by atomic mass is 9.98. The summed E-state index contributed by atoms with van der Waals surface area (Å²) in [4.78, 5) is 13.7. The van der Waals surface area contributed by atoms with E-state index in [-0.39, 0.29) is 0 Å². The summed E-state index contributed by atoms with van der Waals surface area (Å²) in [7, 11) is 0. The lowest BCUT2D eigenvalue weighted by Gasteiger charge is -2.22. The second-order valence-corrected chi connectivity index (χ2v) is 6.84. The summed E-state index contributed by atoms with van der Waals surface area (Å²) < 4.78 is 0. The minimum Gasteiger partial charge on any atom is -0.340 e. The van der Waals surface area contributed by atoms with Gasteiger partial charge in [-0.15, -0.1) is 0 Å². The van der Waals surface area contributed by atoms with E-state index in [1.165, 1.54) is 0 Å². The van der Waals surface area contributed by atoms with Crippen molar-refractivity contribution >= 4 is 23.1 Å². The van der Waals surface area contributed by atoms with Gasteiger partial charge in [-0.3, -0.25) is 4.98 Å². The molecule has 0 amide bonds. The summed E-state index contributed by atoms with van der Waals surface area (Å²) in [5.41, 5.74) is 2.88. The molecule has 26 heavy (non-hydrogen) atoms. The first-order chi connectivity index (χ1) is 12.8. The third-order valence-corrected chi connectivity index (χ3v) is 4.75. The summed E-state index contributed by atoms with van der Waals surface area (Å²) in [6.45, 7) is 1.98. The van der Waals surface area contributed by atoms with Crippen molar-refractivity contribution in [2.45, 2.75) is 18.8 Å². The van der Waals surface area contributed by atoms with Gasteiger partial charge in [-0.2, -0.15) is 0 Å².